The number of nitrogen functional groups attached to an aromatic ring is 1. The van der Waals surface area contributed by atoms with Crippen LogP contribution < -0.4 is 10.5 Å². The number of methoxy groups -OCH3 is 1. The fourth-order valence-corrected chi connectivity index (χ4v) is 1.38. The molecule has 1 aromatic rings. The molecule has 12 heavy (non-hydrogen) atoms. The number of phenolic OH excluding ortho intramolecular Hbond substituents is 1. The average Bonchev–Trinajstić information content (AvgIpc) is 2.01. The largest absolute Gasteiger partial charge is 0.505 e. The molecule has 0 aliphatic heterocycles. The number of benzene rings is 1. The van der Waals surface area contributed by atoms with Gasteiger partial charge < -0.3 is 15.6 Å². The summed E-state index contributed by atoms with van der Waals surface area (Å²) in [4.78, 5) is 0. The molecule has 0 aliphatic rings. The zero-order chi connectivity index (χ0) is 9.30. The second kappa shape index (κ2) is 3.18. The maximum atomic E-state index is 12.9. The molecule has 0 atom stereocenters. The van der Waals surface area contributed by atoms with Gasteiger partial charge in [0.2, 0.25) is 0 Å². The van der Waals surface area contributed by atoms with Crippen LogP contribution in [0, 0.1) is 5.82 Å². The molecule has 0 aromatic heterocycles. The molecular formula is C7H7BrFNO2. The van der Waals surface area contributed by atoms with Crippen LogP contribution in [0.15, 0.2) is 10.5 Å². The van der Waals surface area contributed by atoms with Crippen molar-refractivity contribution in [3.63, 3.8) is 0 Å². The Morgan fingerprint density at radius 2 is 2.25 bits per heavy atom. The van der Waals surface area contributed by atoms with Crippen molar-refractivity contribution >= 4 is 21.6 Å². The first-order chi connectivity index (χ1) is 5.57. The Labute approximate surface area is 77.1 Å². The molecule has 5 heteroatoms. The number of rotatable bonds is 1. The van der Waals surface area contributed by atoms with E-state index in [2.05, 4.69) is 20.7 Å². The van der Waals surface area contributed by atoms with Gasteiger partial charge in [-0.15, -0.1) is 0 Å². The van der Waals surface area contributed by atoms with Crippen molar-refractivity contribution in [2.24, 2.45) is 0 Å². The Morgan fingerprint density at radius 1 is 1.67 bits per heavy atom. The molecule has 0 fully saturated rings. The first-order valence-electron chi connectivity index (χ1n) is 3.08. The van der Waals surface area contributed by atoms with Crippen LogP contribution in [0.3, 0.4) is 0 Å². The lowest BCUT2D eigenvalue weighted by Gasteiger charge is -2.07. The molecule has 0 spiro atoms. The van der Waals surface area contributed by atoms with Gasteiger partial charge in [0, 0.05) is 6.07 Å². The summed E-state index contributed by atoms with van der Waals surface area (Å²) in [5.41, 5.74) is 5.24. The number of halogens is 2. The monoisotopic (exact) mass is 235 g/mol. The number of hydrogen-bond acceptors (Lipinski definition) is 3. The standard InChI is InChI=1S/C7H7BrFNO2/c1-12-7-3(9)2-4(10)6(11)5(7)8/h2,11H,10H2,1H3. The number of hydrogen-bond donors (Lipinski definition) is 2. The minimum absolute atomic E-state index is 0.0276. The molecule has 0 radical (unpaired) electrons. The third-order valence-corrected chi connectivity index (χ3v) is 2.12. The van der Waals surface area contributed by atoms with E-state index in [1.54, 1.807) is 0 Å². The van der Waals surface area contributed by atoms with E-state index in [0.29, 0.717) is 0 Å². The maximum Gasteiger partial charge on any atom is 0.172 e. The van der Waals surface area contributed by atoms with E-state index in [1.807, 2.05) is 0 Å². The Balaban J connectivity index is 3.40. The van der Waals surface area contributed by atoms with E-state index >= 15 is 0 Å². The van der Waals surface area contributed by atoms with Crippen LogP contribution in [0.1, 0.15) is 0 Å². The van der Waals surface area contributed by atoms with Crippen LogP contribution in [0.4, 0.5) is 10.1 Å². The highest BCUT2D eigenvalue weighted by atomic mass is 79.9. The first-order valence-corrected chi connectivity index (χ1v) is 3.87. The number of ether oxygens (including phenoxy) is 1. The summed E-state index contributed by atoms with van der Waals surface area (Å²) in [5, 5.41) is 9.22. The smallest absolute Gasteiger partial charge is 0.172 e. The van der Waals surface area contributed by atoms with Gasteiger partial charge in [-0.25, -0.2) is 4.39 Å². The summed E-state index contributed by atoms with van der Waals surface area (Å²) >= 11 is 2.95. The van der Waals surface area contributed by atoms with Crippen LogP contribution in [0.2, 0.25) is 0 Å². The van der Waals surface area contributed by atoms with Crippen LogP contribution in [0.25, 0.3) is 0 Å². The maximum absolute atomic E-state index is 12.9. The lowest BCUT2D eigenvalue weighted by atomic mass is 10.2. The van der Waals surface area contributed by atoms with Gasteiger partial charge in [-0.3, -0.25) is 0 Å². The van der Waals surface area contributed by atoms with Crippen molar-refractivity contribution < 1.29 is 14.2 Å². The summed E-state index contributed by atoms with van der Waals surface area (Å²) in [6, 6.07) is 0.999. The summed E-state index contributed by atoms with van der Waals surface area (Å²) in [6.07, 6.45) is 0. The molecule has 0 saturated heterocycles. The number of nitrogens with two attached hydrogens (primary N) is 1. The van der Waals surface area contributed by atoms with Crippen molar-refractivity contribution in [2.45, 2.75) is 0 Å². The van der Waals surface area contributed by atoms with Crippen molar-refractivity contribution in [1.29, 1.82) is 0 Å². The summed E-state index contributed by atoms with van der Waals surface area (Å²) in [7, 11) is 1.30. The average molecular weight is 236 g/mol. The van der Waals surface area contributed by atoms with Crippen molar-refractivity contribution in [3.05, 3.63) is 16.4 Å². The third-order valence-electron chi connectivity index (χ3n) is 1.38. The van der Waals surface area contributed by atoms with E-state index < -0.39 is 5.82 Å². The van der Waals surface area contributed by atoms with Gasteiger partial charge in [0.25, 0.3) is 0 Å². The van der Waals surface area contributed by atoms with E-state index in [9.17, 15) is 9.50 Å². The van der Waals surface area contributed by atoms with E-state index in [4.69, 9.17) is 5.73 Å². The van der Waals surface area contributed by atoms with E-state index in [-0.39, 0.29) is 21.7 Å². The van der Waals surface area contributed by atoms with Gasteiger partial charge in [0.05, 0.1) is 12.8 Å². The Bertz CT molecular complexity index is 317. The van der Waals surface area contributed by atoms with Crippen LogP contribution in [0.5, 0.6) is 11.5 Å². The van der Waals surface area contributed by atoms with Gasteiger partial charge in [-0.05, 0) is 15.9 Å². The molecule has 0 saturated carbocycles. The van der Waals surface area contributed by atoms with Crippen molar-refractivity contribution in [2.75, 3.05) is 12.8 Å². The second-order valence-electron chi connectivity index (χ2n) is 2.14. The topological polar surface area (TPSA) is 55.5 Å². The minimum Gasteiger partial charge on any atom is -0.505 e. The molecular weight excluding hydrogens is 229 g/mol. The molecule has 66 valence electrons. The van der Waals surface area contributed by atoms with E-state index in [1.165, 1.54) is 7.11 Å². The molecule has 0 amide bonds. The first kappa shape index (κ1) is 9.12. The van der Waals surface area contributed by atoms with E-state index in [0.717, 1.165) is 6.07 Å². The molecule has 0 heterocycles. The Kier molecular flexibility index (Phi) is 2.42. The van der Waals surface area contributed by atoms with Crippen molar-refractivity contribution in [1.82, 2.24) is 0 Å². The molecule has 1 aromatic carbocycles. The molecule has 0 aliphatic carbocycles. The normalized spacial score (nSPS) is 9.92. The number of anilines is 1. The molecule has 1 rings (SSSR count). The Morgan fingerprint density at radius 3 is 2.75 bits per heavy atom. The fraction of sp³-hybridized carbons (Fsp3) is 0.143. The van der Waals surface area contributed by atoms with Crippen molar-refractivity contribution in [3.8, 4) is 11.5 Å². The third kappa shape index (κ3) is 1.32. The number of phenols is 1. The highest BCUT2D eigenvalue weighted by Gasteiger charge is 2.14. The van der Waals surface area contributed by atoms with Crippen LogP contribution >= 0.6 is 15.9 Å². The summed E-state index contributed by atoms with van der Waals surface area (Å²) in [6.45, 7) is 0. The minimum atomic E-state index is -0.611. The van der Waals surface area contributed by atoms with Gasteiger partial charge in [-0.2, -0.15) is 0 Å². The predicted molar refractivity (Wildman–Crippen MR) is 46.7 cm³/mol. The van der Waals surface area contributed by atoms with Crippen LogP contribution in [-0.4, -0.2) is 12.2 Å². The summed E-state index contributed by atoms with van der Waals surface area (Å²) in [5.74, 6) is -0.880. The zero-order valence-corrected chi connectivity index (χ0v) is 7.85. The van der Waals surface area contributed by atoms with Gasteiger partial charge in [0.15, 0.2) is 17.3 Å². The SMILES string of the molecule is COc1c(F)cc(N)c(O)c1Br. The van der Waals surface area contributed by atoms with Gasteiger partial charge in [-0.1, -0.05) is 0 Å². The lowest BCUT2D eigenvalue weighted by Crippen LogP contribution is -1.94. The fourth-order valence-electron chi connectivity index (χ4n) is 0.797. The van der Waals surface area contributed by atoms with Gasteiger partial charge >= 0.3 is 0 Å². The Hall–Kier alpha value is -0.970. The molecule has 0 bridgehead atoms. The highest BCUT2D eigenvalue weighted by molar-refractivity contribution is 9.10. The second-order valence-corrected chi connectivity index (χ2v) is 2.94. The molecule has 3 N–H and O–H groups in total. The highest BCUT2D eigenvalue weighted by Crippen LogP contribution is 2.39. The zero-order valence-electron chi connectivity index (χ0n) is 6.27. The summed E-state index contributed by atoms with van der Waals surface area (Å²) < 4.78 is 17.7. The lowest BCUT2D eigenvalue weighted by molar-refractivity contribution is 0.377. The molecule has 3 nitrogen and oxygen atoms in total. The number of aromatic hydroxyl groups is 1. The molecule has 0 unspecified atom stereocenters. The predicted octanol–water partition coefficient (Wildman–Crippen LogP) is 1.88. The van der Waals surface area contributed by atoms with Gasteiger partial charge in [0.1, 0.15) is 4.47 Å². The van der Waals surface area contributed by atoms with Crippen LogP contribution in [-0.2, 0) is 0 Å². The quantitative estimate of drug-likeness (QED) is 0.578.